The van der Waals surface area contributed by atoms with E-state index in [2.05, 4.69) is 86.7 Å². The lowest BCUT2D eigenvalue weighted by molar-refractivity contribution is -0.385. The maximum absolute atomic E-state index is 13.1. The third kappa shape index (κ3) is 40.4. The molecule has 0 bridgehead atoms. The number of thioether (sulfide) groups is 11. The first-order chi connectivity index (χ1) is 66.5. The van der Waals surface area contributed by atoms with Crippen molar-refractivity contribution in [2.24, 2.45) is 17.8 Å². The maximum atomic E-state index is 13.1. The number of amides is 4. The molecule has 41 heteroatoms. The van der Waals surface area contributed by atoms with E-state index in [1.54, 1.807) is 65.1 Å². The van der Waals surface area contributed by atoms with Crippen molar-refractivity contribution in [2.45, 2.75) is 335 Å². The molecule has 0 spiro atoms. The van der Waals surface area contributed by atoms with Gasteiger partial charge in [-0.05, 0) is 141 Å². The first-order valence-corrected chi connectivity index (χ1v) is 68.7. The van der Waals surface area contributed by atoms with Gasteiger partial charge in [0.2, 0.25) is 5.91 Å². The zero-order chi connectivity index (χ0) is 98.9. The number of rotatable bonds is 40. The van der Waals surface area contributed by atoms with E-state index in [0.717, 1.165) is 151 Å². The third-order valence-corrected chi connectivity index (χ3v) is 50.8. The lowest BCUT2D eigenvalue weighted by Crippen LogP contribution is -2.59. The number of nitro benzene ring substituents is 1. The normalized spacial score (nSPS) is 27.7. The summed E-state index contributed by atoms with van der Waals surface area (Å²) in [5, 5.41) is 42.0. The summed E-state index contributed by atoms with van der Waals surface area (Å²) in [6.45, 7) is 21.6. The molecule has 12 heterocycles. The van der Waals surface area contributed by atoms with Gasteiger partial charge in [-0.1, -0.05) is 158 Å². The molecular weight excluding hydrogens is 2040 g/mol. The highest BCUT2D eigenvalue weighted by atomic mass is 33.2. The summed E-state index contributed by atoms with van der Waals surface area (Å²) in [4.78, 5) is 129. The number of fused-ring (bicyclic) bond motifs is 5. The number of ketones is 3. The molecule has 11 saturated heterocycles. The SMILES string of the molecule is CCCCCCCCCCCCCCCCOC(=O)CCCSC[C@H](C)C(=O)N[C@@H](CO)C(=O)CCCCN(C)P(=O)(O)N1CC2SCS[C@H]2C1.CC[C@H]1CCCCNCC2SCS[C@@H]2CCC1=O.CP(=O)(O)N1CC2SCS[C@@H]2C1.Cc1cc(N2C[C@@H](C)N(C(=O)Nc3ccc(C(=O)N4CC5SCS[C@H]5C4)nc3)C[C@@H]2C)ccc1[N+](=O)[O-].O=C1CC[C@H]2SCSC2CCCCCC[C@@H]1CC1SS1.[HH]. The number of aliphatic hydroxyl groups excluding tert-OH is 1. The van der Waals surface area contributed by atoms with Crippen LogP contribution in [0.25, 0.3) is 0 Å². The number of aromatic nitrogens is 1. The zero-order valence-corrected chi connectivity index (χ0v) is 95.4. The summed E-state index contributed by atoms with van der Waals surface area (Å²) < 4.78 is 35.5. The molecule has 1 aromatic carbocycles. The molecule has 12 aliphatic rings. The number of unbranched alkanes of at least 4 members (excludes halogenated alkanes) is 14. The number of aryl methyl sites for hydroxylation is 1. The highest BCUT2D eigenvalue weighted by molar-refractivity contribution is 8.92. The zero-order valence-electron chi connectivity index (χ0n) is 83.0. The van der Waals surface area contributed by atoms with Gasteiger partial charge in [-0.2, -0.15) is 11.8 Å². The number of Topliss-reactive ketones (excluding diaryl/α,β-unsaturated/α-hetero) is 3. The van der Waals surface area contributed by atoms with Crippen LogP contribution in [0.1, 0.15) is 270 Å². The van der Waals surface area contributed by atoms with Gasteiger partial charge < -0.3 is 50.3 Å². The van der Waals surface area contributed by atoms with E-state index in [1.165, 1.54) is 156 Å². The van der Waals surface area contributed by atoms with Crippen LogP contribution in [-0.4, -0.2) is 301 Å². The average molecular weight is 2200 g/mol. The Morgan fingerprint density at radius 3 is 1.73 bits per heavy atom. The Labute approximate surface area is 881 Å². The number of esters is 1. The summed E-state index contributed by atoms with van der Waals surface area (Å²) in [6, 6.07) is 7.30. The molecule has 2 aromatic rings. The van der Waals surface area contributed by atoms with Crippen LogP contribution in [-0.2, 0) is 37.8 Å². The number of anilines is 2. The van der Waals surface area contributed by atoms with Gasteiger partial charge in [-0.15, -0.1) is 118 Å². The number of nitro groups is 1. The summed E-state index contributed by atoms with van der Waals surface area (Å²) >= 11 is 21.4. The van der Waals surface area contributed by atoms with Crippen molar-refractivity contribution < 1.29 is 68.7 Å². The van der Waals surface area contributed by atoms with Gasteiger partial charge >= 0.3 is 19.7 Å². The van der Waals surface area contributed by atoms with Gasteiger partial charge in [0.25, 0.3) is 19.1 Å². The highest BCUT2D eigenvalue weighted by Crippen LogP contribution is 2.58. The fraction of sp³-hybridized carbons (Fsp3) is 0.814. The number of ether oxygens (including phenoxy) is 1. The second-order valence-corrected chi connectivity index (χ2v) is 61.6. The first kappa shape index (κ1) is 119. The van der Waals surface area contributed by atoms with E-state index in [1.807, 2.05) is 117 Å². The number of piperazine rings is 1. The van der Waals surface area contributed by atoms with Crippen molar-refractivity contribution in [3.8, 4) is 0 Å². The number of benzene rings is 1. The number of nitrogens with one attached hydrogen (secondary N) is 3. The Balaban J connectivity index is 0.000000211. The van der Waals surface area contributed by atoms with E-state index in [9.17, 15) is 67.7 Å². The molecule has 784 valence electrons. The predicted octanol–water partition coefficient (Wildman–Crippen LogP) is 22.4. The number of carbonyl (C=O) groups excluding carboxylic acids is 7. The molecule has 1 aliphatic carbocycles. The molecule has 26 nitrogen and oxygen atoms in total. The lowest BCUT2D eigenvalue weighted by Gasteiger charge is -2.45. The summed E-state index contributed by atoms with van der Waals surface area (Å²) in [6.07, 6.45) is 39.5. The fourth-order valence-electron chi connectivity index (χ4n) is 19.3. The first-order valence-electron chi connectivity index (χ1n) is 51.1. The van der Waals surface area contributed by atoms with Gasteiger partial charge in [0.15, 0.2) is 5.78 Å². The van der Waals surface area contributed by atoms with E-state index in [4.69, 9.17) is 4.74 Å². The monoisotopic (exact) mass is 2200 g/mol. The summed E-state index contributed by atoms with van der Waals surface area (Å²) in [7, 11) is -0.983. The number of aliphatic hydroxyl groups is 1. The Morgan fingerprint density at radius 2 is 1.17 bits per heavy atom. The molecule has 0 radical (unpaired) electrons. The van der Waals surface area contributed by atoms with Crippen molar-refractivity contribution in [3.05, 3.63) is 57.9 Å². The molecule has 138 heavy (non-hydrogen) atoms. The third-order valence-electron chi connectivity index (χ3n) is 28.1. The van der Waals surface area contributed by atoms with Crippen molar-refractivity contribution in [1.29, 1.82) is 0 Å². The smallest absolute Gasteiger partial charge is 0.343 e. The number of hydrogen-bond acceptors (Lipinski definition) is 29. The van der Waals surface area contributed by atoms with Crippen LogP contribution in [0.5, 0.6) is 0 Å². The molecule has 6 N–H and O–H groups in total. The molecule has 7 unspecified atom stereocenters. The van der Waals surface area contributed by atoms with Crippen LogP contribution < -0.4 is 20.9 Å². The Hall–Kier alpha value is -1.01. The fourth-order valence-corrected chi connectivity index (χ4v) is 41.7. The van der Waals surface area contributed by atoms with Crippen molar-refractivity contribution >= 4 is 224 Å². The molecule has 18 atom stereocenters. The largest absolute Gasteiger partial charge is 0.466 e. The van der Waals surface area contributed by atoms with Gasteiger partial charge in [-0.25, -0.2) is 23.8 Å². The number of hydrogen-bond donors (Lipinski definition) is 6. The van der Waals surface area contributed by atoms with Gasteiger partial charge in [0.05, 0.1) is 34.6 Å². The Kier molecular flexibility index (Phi) is 55.0. The molecule has 11 aliphatic heterocycles. The average Bonchev–Trinajstić information content (AvgIpc) is 1.74. The minimum atomic E-state index is -3.61. The number of carbonyl (C=O) groups is 7. The van der Waals surface area contributed by atoms with Crippen LogP contribution in [0, 0.1) is 34.8 Å². The molecule has 1 saturated carbocycles. The Morgan fingerprint density at radius 1 is 0.638 bits per heavy atom. The molecule has 14 rings (SSSR count). The second-order valence-electron chi connectivity index (χ2n) is 38.8. The van der Waals surface area contributed by atoms with Crippen LogP contribution in [0.15, 0.2) is 36.5 Å². The quantitative estimate of drug-likeness (QED) is 0.00686. The highest BCUT2D eigenvalue weighted by Gasteiger charge is 2.47. The number of urea groups is 1. The Bertz CT molecular complexity index is 4130. The van der Waals surface area contributed by atoms with Gasteiger partial charge in [0.1, 0.15) is 23.3 Å². The van der Waals surface area contributed by atoms with Crippen LogP contribution in [0.4, 0.5) is 21.9 Å². The number of pyridine rings is 1. The van der Waals surface area contributed by atoms with Gasteiger partial charge in [-0.3, -0.25) is 48.0 Å². The number of nitrogens with zero attached hydrogens (tertiary/aromatic N) is 8. The lowest BCUT2D eigenvalue weighted by atomic mass is 9.90. The topological polar surface area (TPSA) is 335 Å². The molecule has 12 fully saturated rings. The van der Waals surface area contributed by atoms with Crippen LogP contribution >= 0.6 is 166 Å². The summed E-state index contributed by atoms with van der Waals surface area (Å²) in [5.41, 5.74) is 2.55. The van der Waals surface area contributed by atoms with E-state index >= 15 is 0 Å². The predicted molar refractivity (Wildman–Crippen MR) is 600 cm³/mol. The minimum absolute atomic E-state index is 0. The molecular formula is C97H163N11O15P2S13. The van der Waals surface area contributed by atoms with Crippen LogP contribution in [0.2, 0.25) is 0 Å². The minimum Gasteiger partial charge on any atom is -0.466 e. The van der Waals surface area contributed by atoms with Crippen LogP contribution in [0.3, 0.4) is 0 Å². The second kappa shape index (κ2) is 63.9. The van der Waals surface area contributed by atoms with Gasteiger partial charge in [0, 0.05) is 230 Å². The molecule has 1 aromatic heterocycles. The molecule has 4 amide bonds. The van der Waals surface area contributed by atoms with Crippen molar-refractivity contribution in [3.63, 3.8) is 0 Å². The van der Waals surface area contributed by atoms with Crippen molar-refractivity contribution in [1.82, 2.24) is 39.4 Å². The number of likely N-dealkylation sites (tertiary alicyclic amines) is 1. The van der Waals surface area contributed by atoms with E-state index < -0.39 is 27.8 Å². The maximum Gasteiger partial charge on any atom is 0.343 e. The summed E-state index contributed by atoms with van der Waals surface area (Å²) in [5.74, 6) is 2.01. The van der Waals surface area contributed by atoms with Crippen molar-refractivity contribution in [2.75, 3.05) is 146 Å². The van der Waals surface area contributed by atoms with E-state index in [-0.39, 0.29) is 66.1 Å². The standard InChI is InChI=1S/C37H70N3O7PS3.C25H30N6O4S2.C15H24OS4.C14H25NOS2.C6H12NO2PS2.H2/c1-4-5-6-7-8-9-10-11-12-13-14-15-16-19-24-47-36(43)22-20-25-49-29-31(2)37(44)38-32(28-41)33(42)21-17-18-23-39(3)48(45,46)40-26-34-35(27-40)51-30-50-34;1-15-8-19(5-7-21(15)31(34)35)29-10-17(3)30(11-16(29)2)25(33)27-18-4-6-20(26-9-18)24(32)28-12-22-23(13-28)37-14-36-22;16-12-7-8-14-13(17-10-18-14)6-4-2-1-3-5-11(12)9-15-19-20-15;1-2-11-5-3-4-8-15-9-14-13(17-10-18-14)7-6-12(11)16;1-10(8,9)7-2-5-6(3-7)12-4-11-5;/h31-32,34-35,41H,4-30H2,1-3H3,(H,38,44)(H,45,46);4-9,16-17,22-23H,10-14H2,1-3H3,(H,27,33);11,13-15H,1-10H2;11,13-15H,2-10H2,1H3;5-6H,2-4H2,1H3,(H,8,9);1H/t31-,32-,34-,35?;16-,17+,22-,23?;11-,13?,14-;11-,13+,14?;5-,6?;/m00101./s1. The van der Waals surface area contributed by atoms with E-state index in [0.29, 0.717) is 148 Å².